The third kappa shape index (κ3) is 4.32. The van der Waals surface area contributed by atoms with Crippen LogP contribution in [-0.2, 0) is 21.4 Å². The number of carbonyl (C=O) groups is 1. The van der Waals surface area contributed by atoms with Gasteiger partial charge in [0, 0.05) is 21.2 Å². The number of ether oxygens (including phenoxy) is 1. The van der Waals surface area contributed by atoms with E-state index < -0.39 is 46.3 Å². The van der Waals surface area contributed by atoms with Crippen LogP contribution in [0.3, 0.4) is 0 Å². The van der Waals surface area contributed by atoms with E-state index in [0.29, 0.717) is 12.1 Å². The van der Waals surface area contributed by atoms with E-state index in [1.165, 1.54) is 6.07 Å². The number of carbonyl (C=O) groups excluding carboxylic acids is 1. The molecule has 0 amide bonds. The highest BCUT2D eigenvalue weighted by atomic mass is 35.5. The fourth-order valence-electron chi connectivity index (χ4n) is 2.99. The lowest BCUT2D eigenvalue weighted by Gasteiger charge is -2.28. The molecule has 1 N–H and O–H groups in total. The number of halogens is 8. The highest BCUT2D eigenvalue weighted by molar-refractivity contribution is 6.34. The molecule has 0 spiro atoms. The van der Waals surface area contributed by atoms with Crippen LogP contribution in [-0.4, -0.2) is 19.3 Å². The van der Waals surface area contributed by atoms with Crippen LogP contribution in [0, 0.1) is 0 Å². The Morgan fingerprint density at radius 2 is 1.65 bits per heavy atom. The molecule has 0 saturated heterocycles. The van der Waals surface area contributed by atoms with Crippen molar-refractivity contribution in [2.45, 2.75) is 18.0 Å². The SMILES string of the molecule is COC(=O)c1ccc(C2=CC(c3cc(Cl)cc(Cl)c3)(C(F)(F)F)ON2)cc1C(F)(F)F. The summed E-state index contributed by atoms with van der Waals surface area (Å²) >= 11 is 11.6. The summed E-state index contributed by atoms with van der Waals surface area (Å²) < 4.78 is 86.6. The van der Waals surface area contributed by atoms with Gasteiger partial charge in [-0.2, -0.15) is 26.3 Å². The first-order chi connectivity index (χ1) is 14.3. The summed E-state index contributed by atoms with van der Waals surface area (Å²) in [6.45, 7) is 0. The van der Waals surface area contributed by atoms with Crippen molar-refractivity contribution in [1.29, 1.82) is 0 Å². The Labute approximate surface area is 181 Å². The molecule has 2 aromatic carbocycles. The maximum atomic E-state index is 14.0. The number of methoxy groups -OCH3 is 1. The summed E-state index contributed by atoms with van der Waals surface area (Å²) in [5.74, 6) is -1.25. The van der Waals surface area contributed by atoms with E-state index >= 15 is 0 Å². The van der Waals surface area contributed by atoms with Gasteiger partial charge in [-0.1, -0.05) is 29.3 Å². The van der Waals surface area contributed by atoms with Crippen LogP contribution in [0.1, 0.15) is 27.0 Å². The topological polar surface area (TPSA) is 47.6 Å². The number of rotatable bonds is 3. The molecular formula is C19H11Cl2F6NO3. The number of hydrogen-bond acceptors (Lipinski definition) is 4. The van der Waals surface area contributed by atoms with Gasteiger partial charge in [0.15, 0.2) is 0 Å². The largest absolute Gasteiger partial charge is 0.465 e. The minimum atomic E-state index is -5.03. The van der Waals surface area contributed by atoms with E-state index in [1.54, 1.807) is 0 Å². The Bertz CT molecular complexity index is 1050. The third-order valence-electron chi connectivity index (χ3n) is 4.42. The Morgan fingerprint density at radius 3 is 2.16 bits per heavy atom. The number of esters is 1. The minimum Gasteiger partial charge on any atom is -0.465 e. The molecule has 0 radical (unpaired) electrons. The number of hydroxylamine groups is 1. The second kappa shape index (κ2) is 7.92. The van der Waals surface area contributed by atoms with Gasteiger partial charge >= 0.3 is 18.3 Å². The number of benzene rings is 2. The second-order valence-corrected chi connectivity index (χ2v) is 7.28. The fourth-order valence-corrected chi connectivity index (χ4v) is 3.51. The summed E-state index contributed by atoms with van der Waals surface area (Å²) in [7, 11) is 0.902. The lowest BCUT2D eigenvalue weighted by atomic mass is 9.91. The first-order valence-electron chi connectivity index (χ1n) is 8.28. The molecule has 0 aliphatic carbocycles. The van der Waals surface area contributed by atoms with Gasteiger partial charge in [-0.25, -0.2) is 4.79 Å². The maximum Gasteiger partial charge on any atom is 0.428 e. The van der Waals surface area contributed by atoms with Gasteiger partial charge in [0.2, 0.25) is 5.60 Å². The minimum absolute atomic E-state index is 0.0987. The van der Waals surface area contributed by atoms with Gasteiger partial charge < -0.3 is 4.74 Å². The Kier molecular flexibility index (Phi) is 5.94. The fraction of sp³-hybridized carbons (Fsp3) is 0.211. The monoisotopic (exact) mass is 485 g/mol. The van der Waals surface area contributed by atoms with E-state index in [2.05, 4.69) is 4.74 Å². The first-order valence-corrected chi connectivity index (χ1v) is 9.04. The van der Waals surface area contributed by atoms with Crippen molar-refractivity contribution in [3.63, 3.8) is 0 Å². The number of nitrogens with one attached hydrogen (secondary N) is 1. The molecule has 0 bridgehead atoms. The Morgan fingerprint density at radius 1 is 1.03 bits per heavy atom. The maximum absolute atomic E-state index is 14.0. The van der Waals surface area contributed by atoms with Crippen LogP contribution < -0.4 is 5.48 Å². The molecule has 1 heterocycles. The van der Waals surface area contributed by atoms with E-state index in [-0.39, 0.29) is 15.6 Å². The molecule has 12 heteroatoms. The van der Waals surface area contributed by atoms with E-state index in [1.807, 2.05) is 5.48 Å². The summed E-state index contributed by atoms with van der Waals surface area (Å²) in [5.41, 5.74) is -4.42. The average molecular weight is 486 g/mol. The van der Waals surface area contributed by atoms with E-state index in [4.69, 9.17) is 28.0 Å². The predicted octanol–water partition coefficient (Wildman–Crippen LogP) is 6.13. The van der Waals surface area contributed by atoms with Crippen LogP contribution >= 0.6 is 23.2 Å². The highest BCUT2D eigenvalue weighted by Crippen LogP contribution is 2.48. The smallest absolute Gasteiger partial charge is 0.428 e. The molecule has 0 fully saturated rings. The molecule has 1 aliphatic rings. The van der Waals surface area contributed by atoms with Crippen molar-refractivity contribution in [2.24, 2.45) is 0 Å². The van der Waals surface area contributed by atoms with Gasteiger partial charge in [0.25, 0.3) is 0 Å². The van der Waals surface area contributed by atoms with E-state index in [9.17, 15) is 31.1 Å². The molecule has 0 aromatic heterocycles. The summed E-state index contributed by atoms with van der Waals surface area (Å²) in [6, 6.07) is 5.52. The van der Waals surface area contributed by atoms with Crippen molar-refractivity contribution in [1.82, 2.24) is 5.48 Å². The lowest BCUT2D eigenvalue weighted by Crippen LogP contribution is -2.42. The first kappa shape index (κ1) is 23.2. The van der Waals surface area contributed by atoms with Crippen LogP contribution in [0.25, 0.3) is 5.70 Å². The standard InChI is InChI=1S/C19H11Cl2F6NO3/c1-30-16(29)13-3-2-9(4-14(13)18(22,23)24)15-8-17(31-28-15,19(25,26)27)10-5-11(20)7-12(21)6-10/h2-8,28H,1H3. The van der Waals surface area contributed by atoms with Crippen LogP contribution in [0.5, 0.6) is 0 Å². The molecule has 3 rings (SSSR count). The van der Waals surface area contributed by atoms with Crippen molar-refractivity contribution in [3.8, 4) is 0 Å². The molecule has 4 nitrogen and oxygen atoms in total. The van der Waals surface area contributed by atoms with Gasteiger partial charge in [-0.15, -0.1) is 0 Å². The Hall–Kier alpha value is -2.43. The summed E-state index contributed by atoms with van der Waals surface area (Å²) in [6.07, 6.45) is -9.43. The molecular weight excluding hydrogens is 475 g/mol. The molecule has 1 unspecified atom stereocenters. The van der Waals surface area contributed by atoms with Crippen molar-refractivity contribution >= 4 is 34.9 Å². The van der Waals surface area contributed by atoms with Crippen molar-refractivity contribution < 1.29 is 40.7 Å². The van der Waals surface area contributed by atoms with Gasteiger partial charge in [-0.05, 0) is 36.4 Å². The quantitative estimate of drug-likeness (QED) is 0.419. The second-order valence-electron chi connectivity index (χ2n) is 6.40. The van der Waals surface area contributed by atoms with Crippen LogP contribution in [0.2, 0.25) is 10.0 Å². The molecule has 166 valence electrons. The molecule has 1 aliphatic heterocycles. The van der Waals surface area contributed by atoms with E-state index in [0.717, 1.165) is 31.4 Å². The van der Waals surface area contributed by atoms with Crippen LogP contribution in [0.15, 0.2) is 42.5 Å². The zero-order valence-corrected chi connectivity index (χ0v) is 16.8. The molecule has 31 heavy (non-hydrogen) atoms. The number of alkyl halides is 6. The number of hydrogen-bond donors (Lipinski definition) is 1. The van der Waals surface area contributed by atoms with Crippen molar-refractivity contribution in [2.75, 3.05) is 7.11 Å². The van der Waals surface area contributed by atoms with Gasteiger partial charge in [0.1, 0.15) is 0 Å². The highest BCUT2D eigenvalue weighted by Gasteiger charge is 2.59. The lowest BCUT2D eigenvalue weighted by molar-refractivity contribution is -0.269. The third-order valence-corrected chi connectivity index (χ3v) is 4.86. The molecule has 2 aromatic rings. The van der Waals surface area contributed by atoms with Crippen molar-refractivity contribution in [3.05, 3.63) is 74.8 Å². The van der Waals surface area contributed by atoms with Crippen LogP contribution in [0.4, 0.5) is 26.3 Å². The Balaban J connectivity index is 2.17. The summed E-state index contributed by atoms with van der Waals surface area (Å²) in [5, 5.41) is -0.197. The summed E-state index contributed by atoms with van der Waals surface area (Å²) in [4.78, 5) is 16.5. The molecule has 1 atom stereocenters. The average Bonchev–Trinajstić information content (AvgIpc) is 3.12. The molecule has 0 saturated carbocycles. The van der Waals surface area contributed by atoms with Gasteiger partial charge in [-0.3, -0.25) is 10.3 Å². The predicted molar refractivity (Wildman–Crippen MR) is 99.2 cm³/mol. The normalized spacial score (nSPS) is 19.1. The van der Waals surface area contributed by atoms with Gasteiger partial charge in [0.05, 0.1) is 23.9 Å². The zero-order chi connectivity index (χ0) is 23.2. The zero-order valence-electron chi connectivity index (χ0n) is 15.3.